The molecule has 1 unspecified atom stereocenters. The van der Waals surface area contributed by atoms with Crippen LogP contribution in [-0.2, 0) is 22.6 Å². The van der Waals surface area contributed by atoms with Gasteiger partial charge in [0.15, 0.2) is 0 Å². The Kier molecular flexibility index (Phi) is 4.96. The first-order valence-corrected chi connectivity index (χ1v) is 7.38. The van der Waals surface area contributed by atoms with Crippen molar-refractivity contribution in [3.8, 4) is 0 Å². The molecule has 5 heteroatoms. The van der Waals surface area contributed by atoms with Gasteiger partial charge >= 0.3 is 0 Å². The number of nitrogens with zero attached hydrogens (tertiary/aromatic N) is 1. The molecule has 0 radical (unpaired) electrons. The monoisotopic (exact) mass is 289 g/mol. The van der Waals surface area contributed by atoms with E-state index in [9.17, 15) is 9.59 Å². The van der Waals surface area contributed by atoms with Crippen LogP contribution in [0.3, 0.4) is 0 Å². The molecule has 1 heterocycles. The second kappa shape index (κ2) is 6.72. The molecule has 2 N–H and O–H groups in total. The molecular weight excluding hydrogens is 266 g/mol. The fourth-order valence-corrected chi connectivity index (χ4v) is 2.50. The summed E-state index contributed by atoms with van der Waals surface area (Å²) in [6, 6.07) is 7.34. The highest BCUT2D eigenvalue weighted by atomic mass is 16.2. The maximum Gasteiger partial charge on any atom is 0.244 e. The highest BCUT2D eigenvalue weighted by Gasteiger charge is 2.26. The summed E-state index contributed by atoms with van der Waals surface area (Å²) in [5.41, 5.74) is 2.43. The van der Waals surface area contributed by atoms with Crippen molar-refractivity contribution >= 4 is 11.8 Å². The van der Waals surface area contributed by atoms with Crippen LogP contribution in [0.5, 0.6) is 0 Å². The van der Waals surface area contributed by atoms with Crippen molar-refractivity contribution in [3.63, 3.8) is 0 Å². The van der Waals surface area contributed by atoms with Gasteiger partial charge in [-0.15, -0.1) is 0 Å². The Morgan fingerprint density at radius 2 is 2.05 bits per heavy atom. The van der Waals surface area contributed by atoms with Gasteiger partial charge in [0, 0.05) is 20.1 Å². The number of nitrogens with one attached hydrogen (secondary N) is 2. The average molecular weight is 289 g/mol. The molecule has 2 atom stereocenters. The average Bonchev–Trinajstić information content (AvgIpc) is 2.52. The van der Waals surface area contributed by atoms with E-state index in [4.69, 9.17) is 0 Å². The van der Waals surface area contributed by atoms with Crippen LogP contribution in [0.1, 0.15) is 25.0 Å². The lowest BCUT2D eigenvalue weighted by atomic mass is 9.95. The zero-order chi connectivity index (χ0) is 15.4. The van der Waals surface area contributed by atoms with Crippen LogP contribution in [0.15, 0.2) is 24.3 Å². The summed E-state index contributed by atoms with van der Waals surface area (Å²) in [6.07, 6.45) is 0.659. The molecule has 0 saturated heterocycles. The van der Waals surface area contributed by atoms with E-state index < -0.39 is 6.04 Å². The van der Waals surface area contributed by atoms with Gasteiger partial charge in [-0.1, -0.05) is 24.3 Å². The molecule has 114 valence electrons. The number of rotatable bonds is 4. The standard InChI is InChI=1S/C16H23N3O2/c1-4-19(3)16(21)11(2)18-15(20)14-9-12-7-5-6-8-13(12)10-17-14/h5-8,11,14,17H,4,9-10H2,1-3H3,(H,18,20)/t11?,14-/m0/s1. The van der Waals surface area contributed by atoms with E-state index in [0.29, 0.717) is 19.5 Å². The minimum Gasteiger partial charge on any atom is -0.344 e. The first kappa shape index (κ1) is 15.5. The van der Waals surface area contributed by atoms with Crippen molar-refractivity contribution < 1.29 is 9.59 Å². The fraction of sp³-hybridized carbons (Fsp3) is 0.500. The van der Waals surface area contributed by atoms with E-state index in [1.165, 1.54) is 11.1 Å². The minimum absolute atomic E-state index is 0.0675. The predicted octanol–water partition coefficient (Wildman–Crippen LogP) is 0.684. The van der Waals surface area contributed by atoms with Gasteiger partial charge in [0.05, 0.1) is 6.04 Å². The topological polar surface area (TPSA) is 61.4 Å². The van der Waals surface area contributed by atoms with Crippen LogP contribution >= 0.6 is 0 Å². The summed E-state index contributed by atoms with van der Waals surface area (Å²) >= 11 is 0. The molecule has 0 bridgehead atoms. The normalized spacial score (nSPS) is 18.5. The molecule has 2 amide bonds. The molecule has 0 fully saturated rings. The van der Waals surface area contributed by atoms with Crippen molar-refractivity contribution in [2.75, 3.05) is 13.6 Å². The number of fused-ring (bicyclic) bond motifs is 1. The Bertz CT molecular complexity index is 530. The van der Waals surface area contributed by atoms with Crippen molar-refractivity contribution in [1.82, 2.24) is 15.5 Å². The quantitative estimate of drug-likeness (QED) is 0.857. The highest BCUT2D eigenvalue weighted by Crippen LogP contribution is 2.16. The second-order valence-corrected chi connectivity index (χ2v) is 5.49. The van der Waals surface area contributed by atoms with E-state index in [0.717, 1.165) is 0 Å². The zero-order valence-corrected chi connectivity index (χ0v) is 12.8. The first-order chi connectivity index (χ1) is 10.0. The summed E-state index contributed by atoms with van der Waals surface area (Å²) in [5, 5.41) is 6.03. The summed E-state index contributed by atoms with van der Waals surface area (Å²) in [4.78, 5) is 25.9. The minimum atomic E-state index is -0.499. The number of likely N-dealkylation sites (N-methyl/N-ethyl adjacent to an activating group) is 1. The molecule has 1 aliphatic rings. The van der Waals surface area contributed by atoms with Crippen LogP contribution in [0, 0.1) is 0 Å². The molecular formula is C16H23N3O2. The Hall–Kier alpha value is -1.88. The van der Waals surface area contributed by atoms with Gasteiger partial charge in [-0.05, 0) is 31.4 Å². The van der Waals surface area contributed by atoms with Gasteiger partial charge in [0.2, 0.25) is 11.8 Å². The van der Waals surface area contributed by atoms with Gasteiger partial charge < -0.3 is 15.5 Å². The molecule has 0 aliphatic carbocycles. The Balaban J connectivity index is 1.95. The Morgan fingerprint density at radius 3 is 2.71 bits per heavy atom. The molecule has 1 aliphatic heterocycles. The van der Waals surface area contributed by atoms with Gasteiger partial charge in [0.1, 0.15) is 6.04 Å². The maximum absolute atomic E-state index is 12.3. The number of hydrogen-bond acceptors (Lipinski definition) is 3. The van der Waals surface area contributed by atoms with Crippen LogP contribution in [0.4, 0.5) is 0 Å². The van der Waals surface area contributed by atoms with Gasteiger partial charge in [-0.3, -0.25) is 9.59 Å². The molecule has 0 saturated carbocycles. The molecule has 1 aromatic carbocycles. The summed E-state index contributed by atoms with van der Waals surface area (Å²) in [6.45, 7) is 4.95. The van der Waals surface area contributed by atoms with Crippen LogP contribution in [-0.4, -0.2) is 42.4 Å². The third-order valence-electron chi connectivity index (χ3n) is 3.98. The van der Waals surface area contributed by atoms with E-state index in [2.05, 4.69) is 22.8 Å². The number of hydrogen-bond donors (Lipinski definition) is 2. The summed E-state index contributed by atoms with van der Waals surface area (Å²) < 4.78 is 0. The van der Waals surface area contributed by atoms with Gasteiger partial charge in [-0.25, -0.2) is 0 Å². The Morgan fingerprint density at radius 1 is 1.38 bits per heavy atom. The summed E-state index contributed by atoms with van der Waals surface area (Å²) in [7, 11) is 1.74. The number of benzene rings is 1. The molecule has 1 aromatic rings. The molecule has 21 heavy (non-hydrogen) atoms. The highest BCUT2D eigenvalue weighted by molar-refractivity contribution is 5.89. The van der Waals surface area contributed by atoms with E-state index in [-0.39, 0.29) is 17.9 Å². The van der Waals surface area contributed by atoms with Crippen LogP contribution in [0.2, 0.25) is 0 Å². The lowest BCUT2D eigenvalue weighted by Crippen LogP contribution is -2.53. The largest absolute Gasteiger partial charge is 0.344 e. The first-order valence-electron chi connectivity index (χ1n) is 7.38. The smallest absolute Gasteiger partial charge is 0.244 e. The Labute approximate surface area is 125 Å². The predicted molar refractivity (Wildman–Crippen MR) is 81.7 cm³/mol. The van der Waals surface area contributed by atoms with Crippen molar-refractivity contribution in [1.29, 1.82) is 0 Å². The molecule has 0 spiro atoms. The number of carbonyl (C=O) groups excluding carboxylic acids is 2. The SMILES string of the molecule is CCN(C)C(=O)C(C)NC(=O)[C@@H]1Cc2ccccc2CN1. The van der Waals surface area contributed by atoms with Crippen LogP contribution < -0.4 is 10.6 Å². The van der Waals surface area contributed by atoms with Gasteiger partial charge in [0.25, 0.3) is 0 Å². The summed E-state index contributed by atoms with van der Waals surface area (Å²) in [5.74, 6) is -0.183. The third kappa shape index (κ3) is 3.61. The van der Waals surface area contributed by atoms with Crippen molar-refractivity contribution in [2.24, 2.45) is 0 Å². The molecule has 5 nitrogen and oxygen atoms in total. The van der Waals surface area contributed by atoms with E-state index >= 15 is 0 Å². The van der Waals surface area contributed by atoms with E-state index in [1.807, 2.05) is 19.1 Å². The van der Waals surface area contributed by atoms with Crippen molar-refractivity contribution in [2.45, 2.75) is 38.9 Å². The van der Waals surface area contributed by atoms with Crippen LogP contribution in [0.25, 0.3) is 0 Å². The number of carbonyl (C=O) groups is 2. The number of amides is 2. The van der Waals surface area contributed by atoms with Gasteiger partial charge in [-0.2, -0.15) is 0 Å². The zero-order valence-electron chi connectivity index (χ0n) is 12.8. The lowest BCUT2D eigenvalue weighted by molar-refractivity contribution is -0.135. The second-order valence-electron chi connectivity index (χ2n) is 5.49. The molecule has 2 rings (SSSR count). The van der Waals surface area contributed by atoms with E-state index in [1.54, 1.807) is 18.9 Å². The molecule has 0 aromatic heterocycles. The van der Waals surface area contributed by atoms with Crippen molar-refractivity contribution in [3.05, 3.63) is 35.4 Å². The third-order valence-corrected chi connectivity index (χ3v) is 3.98. The lowest BCUT2D eigenvalue weighted by Gasteiger charge is -2.27. The fourth-order valence-electron chi connectivity index (χ4n) is 2.50. The maximum atomic E-state index is 12.3.